The molecule has 2 fully saturated rings. The number of alkyl carbamates (subject to hydrolysis) is 1. The van der Waals surface area contributed by atoms with E-state index >= 15 is 0 Å². The summed E-state index contributed by atoms with van der Waals surface area (Å²) in [5, 5.41) is 14.9. The highest BCUT2D eigenvalue weighted by Crippen LogP contribution is 2.45. The van der Waals surface area contributed by atoms with Crippen LogP contribution < -0.4 is 10.6 Å². The number of rotatable bonds is 7. The molecular formula is C27H30N2O5. The number of aliphatic carboxylic acids is 1. The fourth-order valence-corrected chi connectivity index (χ4v) is 5.65. The molecule has 3 aliphatic carbocycles. The van der Waals surface area contributed by atoms with Crippen LogP contribution in [0.2, 0.25) is 0 Å². The second-order valence-electron chi connectivity index (χ2n) is 9.98. The van der Waals surface area contributed by atoms with E-state index in [0.29, 0.717) is 25.8 Å². The molecule has 0 spiro atoms. The summed E-state index contributed by atoms with van der Waals surface area (Å²) < 4.78 is 5.68. The van der Waals surface area contributed by atoms with Crippen molar-refractivity contribution in [3.63, 3.8) is 0 Å². The summed E-state index contributed by atoms with van der Waals surface area (Å²) in [6.07, 6.45) is 2.30. The molecule has 4 atom stereocenters. The van der Waals surface area contributed by atoms with E-state index in [1.165, 1.54) is 11.1 Å². The van der Waals surface area contributed by atoms with Gasteiger partial charge in [-0.15, -0.1) is 0 Å². The van der Waals surface area contributed by atoms with Crippen LogP contribution in [0.15, 0.2) is 48.5 Å². The summed E-state index contributed by atoms with van der Waals surface area (Å²) in [6, 6.07) is 16.1. The fraction of sp³-hybridized carbons (Fsp3) is 0.444. The third-order valence-electron chi connectivity index (χ3n) is 7.88. The van der Waals surface area contributed by atoms with Crippen LogP contribution in [0.3, 0.4) is 0 Å². The zero-order chi connectivity index (χ0) is 23.9. The van der Waals surface area contributed by atoms with Crippen LogP contribution in [0.4, 0.5) is 4.79 Å². The summed E-state index contributed by atoms with van der Waals surface area (Å²) in [6.45, 7) is 2.46. The highest BCUT2D eigenvalue weighted by Gasteiger charge is 2.48. The minimum absolute atomic E-state index is 0.00000520. The number of amides is 2. The zero-order valence-corrected chi connectivity index (χ0v) is 19.3. The van der Waals surface area contributed by atoms with Crippen molar-refractivity contribution < 1.29 is 24.2 Å². The van der Waals surface area contributed by atoms with Gasteiger partial charge in [0, 0.05) is 18.5 Å². The zero-order valence-electron chi connectivity index (χ0n) is 19.3. The van der Waals surface area contributed by atoms with E-state index < -0.39 is 17.5 Å². The number of carboxylic acid groups (broad SMARTS) is 1. The first-order chi connectivity index (χ1) is 16.4. The van der Waals surface area contributed by atoms with Gasteiger partial charge in [-0.2, -0.15) is 0 Å². The van der Waals surface area contributed by atoms with E-state index in [1.54, 1.807) is 0 Å². The number of hydrogen-bond donors (Lipinski definition) is 3. The minimum atomic E-state index is -0.805. The first-order valence-corrected chi connectivity index (χ1v) is 12.0. The first-order valence-electron chi connectivity index (χ1n) is 12.0. The largest absolute Gasteiger partial charge is 0.481 e. The van der Waals surface area contributed by atoms with Crippen molar-refractivity contribution in [2.24, 2.45) is 17.3 Å². The highest BCUT2D eigenvalue weighted by molar-refractivity contribution is 5.84. The van der Waals surface area contributed by atoms with Crippen LogP contribution in [-0.4, -0.2) is 42.3 Å². The molecular weight excluding hydrogens is 432 g/mol. The second kappa shape index (κ2) is 8.78. The van der Waals surface area contributed by atoms with E-state index in [4.69, 9.17) is 9.84 Å². The van der Waals surface area contributed by atoms with Gasteiger partial charge in [0.2, 0.25) is 5.91 Å². The third kappa shape index (κ3) is 4.04. The molecule has 178 valence electrons. The predicted molar refractivity (Wildman–Crippen MR) is 126 cm³/mol. The maximum absolute atomic E-state index is 13.0. The number of benzene rings is 2. The monoisotopic (exact) mass is 462 g/mol. The molecule has 0 heterocycles. The van der Waals surface area contributed by atoms with Crippen molar-refractivity contribution in [3.8, 4) is 11.1 Å². The number of carbonyl (C=O) groups is 3. The molecule has 7 heteroatoms. The molecule has 7 nitrogen and oxygen atoms in total. The lowest BCUT2D eigenvalue weighted by molar-refractivity contribution is -0.139. The van der Waals surface area contributed by atoms with Gasteiger partial charge >= 0.3 is 12.1 Å². The maximum atomic E-state index is 13.0. The van der Waals surface area contributed by atoms with Gasteiger partial charge < -0.3 is 20.5 Å². The molecule has 0 bridgehead atoms. The molecule has 2 aromatic carbocycles. The standard InChI is InChI=1S/C27H30N2O5/c1-27(25(32)28-14-16-13-21(16)24(30)31)12-6-11-23(27)29-26(33)34-15-22-19-9-4-2-7-17(19)18-8-3-5-10-20(18)22/h2-5,7-10,16,21-23H,6,11-15H2,1H3,(H,28,32)(H,29,33)(H,30,31)/t16-,21-,23?,27?/m0/s1. The Morgan fingerprint density at radius 2 is 1.71 bits per heavy atom. The van der Waals surface area contributed by atoms with Crippen molar-refractivity contribution in [1.29, 1.82) is 0 Å². The smallest absolute Gasteiger partial charge is 0.407 e. The van der Waals surface area contributed by atoms with Gasteiger partial charge in [-0.1, -0.05) is 55.0 Å². The van der Waals surface area contributed by atoms with Gasteiger partial charge in [0.15, 0.2) is 0 Å². The molecule has 0 aliphatic heterocycles. The molecule has 2 saturated carbocycles. The number of carbonyl (C=O) groups excluding carboxylic acids is 2. The van der Waals surface area contributed by atoms with Gasteiger partial charge in [-0.25, -0.2) is 4.79 Å². The number of ether oxygens (including phenoxy) is 1. The van der Waals surface area contributed by atoms with Crippen molar-refractivity contribution in [2.45, 2.75) is 44.6 Å². The Bertz CT molecular complexity index is 1090. The molecule has 0 radical (unpaired) electrons. The van der Waals surface area contributed by atoms with Gasteiger partial charge in [0.1, 0.15) is 6.61 Å². The quantitative estimate of drug-likeness (QED) is 0.579. The Kier molecular flexibility index (Phi) is 5.80. The molecule has 2 amide bonds. The van der Waals surface area contributed by atoms with E-state index in [9.17, 15) is 14.4 Å². The molecule has 0 aromatic heterocycles. The van der Waals surface area contributed by atoms with Gasteiger partial charge in [0.25, 0.3) is 0 Å². The van der Waals surface area contributed by atoms with Crippen molar-refractivity contribution in [1.82, 2.24) is 10.6 Å². The molecule has 2 unspecified atom stereocenters. The predicted octanol–water partition coefficient (Wildman–Crippen LogP) is 3.92. The number of fused-ring (bicyclic) bond motifs is 3. The van der Waals surface area contributed by atoms with Gasteiger partial charge in [-0.05, 0) is 54.4 Å². The molecule has 0 saturated heterocycles. The highest BCUT2D eigenvalue weighted by atomic mass is 16.5. The van der Waals surface area contributed by atoms with Crippen LogP contribution in [-0.2, 0) is 14.3 Å². The number of hydrogen-bond acceptors (Lipinski definition) is 4. The maximum Gasteiger partial charge on any atom is 0.407 e. The number of carboxylic acids is 1. The van der Waals surface area contributed by atoms with E-state index in [2.05, 4.69) is 34.9 Å². The molecule has 5 rings (SSSR count). The molecule has 3 N–H and O–H groups in total. The summed E-state index contributed by atoms with van der Waals surface area (Å²) in [4.78, 5) is 36.7. The summed E-state index contributed by atoms with van der Waals surface area (Å²) in [5.74, 6) is -1.31. The van der Waals surface area contributed by atoms with Crippen molar-refractivity contribution in [2.75, 3.05) is 13.2 Å². The molecule has 34 heavy (non-hydrogen) atoms. The molecule has 2 aromatic rings. The average Bonchev–Trinajstić information content (AvgIpc) is 3.44. The Morgan fingerprint density at radius 1 is 1.06 bits per heavy atom. The summed E-state index contributed by atoms with van der Waals surface area (Å²) >= 11 is 0. The van der Waals surface area contributed by atoms with Crippen LogP contribution in [0.25, 0.3) is 11.1 Å². The first kappa shape index (κ1) is 22.4. The van der Waals surface area contributed by atoms with Gasteiger partial charge in [-0.3, -0.25) is 9.59 Å². The van der Waals surface area contributed by atoms with Crippen molar-refractivity contribution >= 4 is 18.0 Å². The van der Waals surface area contributed by atoms with Crippen LogP contribution in [0.5, 0.6) is 0 Å². The Morgan fingerprint density at radius 3 is 2.32 bits per heavy atom. The van der Waals surface area contributed by atoms with Crippen molar-refractivity contribution in [3.05, 3.63) is 59.7 Å². The second-order valence-corrected chi connectivity index (χ2v) is 9.98. The summed E-state index contributed by atoms with van der Waals surface area (Å²) in [5.41, 5.74) is 3.92. The van der Waals surface area contributed by atoms with E-state index in [0.717, 1.165) is 17.5 Å². The third-order valence-corrected chi connectivity index (χ3v) is 7.88. The Labute approximate surface area is 198 Å². The van der Waals surface area contributed by atoms with Crippen LogP contribution in [0, 0.1) is 17.3 Å². The van der Waals surface area contributed by atoms with E-state index in [-0.39, 0.29) is 36.3 Å². The average molecular weight is 463 g/mol. The summed E-state index contributed by atoms with van der Waals surface area (Å²) in [7, 11) is 0. The lowest BCUT2D eigenvalue weighted by atomic mass is 9.83. The fourth-order valence-electron chi connectivity index (χ4n) is 5.65. The lowest BCUT2D eigenvalue weighted by Crippen LogP contribution is -2.51. The lowest BCUT2D eigenvalue weighted by Gasteiger charge is -2.30. The SMILES string of the molecule is CC1(C(=O)NC[C@@H]2C[C@@H]2C(=O)O)CCCC1NC(=O)OCC1c2ccccc2-c2ccccc21. The minimum Gasteiger partial charge on any atom is -0.481 e. The topological polar surface area (TPSA) is 105 Å². The molecule has 3 aliphatic rings. The van der Waals surface area contributed by atoms with Crippen LogP contribution in [0.1, 0.15) is 49.7 Å². The Hall–Kier alpha value is -3.35. The van der Waals surface area contributed by atoms with Gasteiger partial charge in [0.05, 0.1) is 11.3 Å². The van der Waals surface area contributed by atoms with Crippen LogP contribution >= 0.6 is 0 Å². The van der Waals surface area contributed by atoms with E-state index in [1.807, 2.05) is 31.2 Å². The normalized spacial score (nSPS) is 26.9. The Balaban J connectivity index is 1.18. The number of nitrogens with one attached hydrogen (secondary N) is 2.